The van der Waals surface area contributed by atoms with Crippen LogP contribution in [0.4, 0.5) is 0 Å². The van der Waals surface area contributed by atoms with Crippen LogP contribution in [0, 0.1) is 0 Å². The highest BCUT2D eigenvalue weighted by Gasteiger charge is 2.13. The van der Waals surface area contributed by atoms with Gasteiger partial charge in [-0.05, 0) is 73.1 Å². The highest BCUT2D eigenvalue weighted by atomic mass is 16.3. The third-order valence-corrected chi connectivity index (χ3v) is 3.71. The van der Waals surface area contributed by atoms with Crippen molar-refractivity contribution in [3.8, 4) is 0 Å². The lowest BCUT2D eigenvalue weighted by atomic mass is 9.99. The molecule has 1 nitrogen and oxygen atoms in total. The monoisotopic (exact) mass is 290 g/mol. The van der Waals surface area contributed by atoms with Crippen molar-refractivity contribution in [2.24, 2.45) is 0 Å². The summed E-state index contributed by atoms with van der Waals surface area (Å²) in [5, 5.41) is 9.84. The summed E-state index contributed by atoms with van der Waals surface area (Å²) in [6, 6.07) is 0. The Hall–Kier alpha value is -1.08. The van der Waals surface area contributed by atoms with Crippen molar-refractivity contribution >= 4 is 0 Å². The van der Waals surface area contributed by atoms with Gasteiger partial charge in [0.1, 0.15) is 0 Å². The molecule has 0 bridgehead atoms. The molecule has 0 aromatic carbocycles. The second-order valence-electron chi connectivity index (χ2n) is 6.56. The molecule has 0 fully saturated rings. The molecule has 21 heavy (non-hydrogen) atoms. The summed E-state index contributed by atoms with van der Waals surface area (Å²) in [7, 11) is 0. The Morgan fingerprint density at radius 3 is 1.86 bits per heavy atom. The molecule has 1 N–H and O–H groups in total. The Kier molecular flexibility index (Phi) is 10.1. The number of hydrogen-bond acceptors (Lipinski definition) is 1. The average molecular weight is 290 g/mol. The lowest BCUT2D eigenvalue weighted by Crippen LogP contribution is -2.19. The topological polar surface area (TPSA) is 20.2 Å². The van der Waals surface area contributed by atoms with E-state index in [9.17, 15) is 5.11 Å². The molecular weight excluding hydrogens is 256 g/mol. The van der Waals surface area contributed by atoms with Crippen LogP contribution in [-0.2, 0) is 0 Å². The van der Waals surface area contributed by atoms with Gasteiger partial charge < -0.3 is 5.11 Å². The van der Waals surface area contributed by atoms with E-state index in [2.05, 4.69) is 52.5 Å². The van der Waals surface area contributed by atoms with Crippen LogP contribution < -0.4 is 0 Å². The lowest BCUT2D eigenvalue weighted by Gasteiger charge is -2.16. The predicted octanol–water partition coefficient (Wildman–Crippen LogP) is 6.12. The number of allylic oxidation sites excluding steroid dienone is 6. The van der Waals surface area contributed by atoms with Gasteiger partial charge in [0.05, 0.1) is 5.60 Å². The third-order valence-electron chi connectivity index (χ3n) is 3.71. The first-order valence-electron chi connectivity index (χ1n) is 8.07. The van der Waals surface area contributed by atoms with Gasteiger partial charge in [-0.2, -0.15) is 0 Å². The van der Waals surface area contributed by atoms with E-state index in [1.165, 1.54) is 16.7 Å². The van der Waals surface area contributed by atoms with Gasteiger partial charge >= 0.3 is 0 Å². The smallest absolute Gasteiger partial charge is 0.0800 e. The van der Waals surface area contributed by atoms with E-state index in [4.69, 9.17) is 0 Å². The normalized spacial score (nSPS) is 15.5. The summed E-state index contributed by atoms with van der Waals surface area (Å²) in [5.74, 6) is 0. The minimum absolute atomic E-state index is 0.738. The Bertz CT molecular complexity index is 390. The molecule has 0 radical (unpaired) electrons. The molecule has 120 valence electrons. The van der Waals surface area contributed by atoms with E-state index in [0.29, 0.717) is 0 Å². The molecule has 0 aliphatic rings. The van der Waals surface area contributed by atoms with Gasteiger partial charge in [0, 0.05) is 0 Å². The zero-order chi connectivity index (χ0) is 16.3. The summed E-state index contributed by atoms with van der Waals surface area (Å²) in [6.07, 6.45) is 14.7. The molecule has 0 rings (SSSR count). The molecule has 0 aromatic rings. The quantitative estimate of drug-likeness (QED) is 0.480. The maximum Gasteiger partial charge on any atom is 0.0800 e. The zero-order valence-electron chi connectivity index (χ0n) is 14.7. The summed E-state index contributed by atoms with van der Waals surface area (Å²) in [5.41, 5.74) is 3.55. The van der Waals surface area contributed by atoms with Crippen LogP contribution in [0.5, 0.6) is 0 Å². The van der Waals surface area contributed by atoms with Crippen molar-refractivity contribution in [2.45, 2.75) is 78.7 Å². The molecule has 0 spiro atoms. The van der Waals surface area contributed by atoms with Crippen LogP contribution in [0.25, 0.3) is 0 Å². The van der Waals surface area contributed by atoms with E-state index >= 15 is 0 Å². The molecule has 0 amide bonds. The lowest BCUT2D eigenvalue weighted by molar-refractivity contribution is 0.103. The van der Waals surface area contributed by atoms with Crippen LogP contribution in [0.15, 0.2) is 47.6 Å². The fourth-order valence-electron chi connectivity index (χ4n) is 2.05. The fraction of sp³-hybridized carbons (Fsp3) is 0.600. The molecule has 0 aromatic heterocycles. The van der Waals surface area contributed by atoms with Gasteiger partial charge in [0.2, 0.25) is 0 Å². The van der Waals surface area contributed by atoms with Gasteiger partial charge in [-0.15, -0.1) is 6.58 Å². The van der Waals surface area contributed by atoms with Crippen LogP contribution in [0.2, 0.25) is 0 Å². The van der Waals surface area contributed by atoms with Crippen molar-refractivity contribution in [3.05, 3.63) is 47.6 Å². The van der Waals surface area contributed by atoms with E-state index in [-0.39, 0.29) is 0 Å². The second kappa shape index (κ2) is 10.6. The van der Waals surface area contributed by atoms with E-state index in [1.807, 2.05) is 6.92 Å². The summed E-state index contributed by atoms with van der Waals surface area (Å²) >= 11 is 0. The minimum atomic E-state index is -0.738. The zero-order valence-corrected chi connectivity index (χ0v) is 14.7. The minimum Gasteiger partial charge on any atom is -0.386 e. The molecule has 0 saturated carbocycles. The molecule has 0 heterocycles. The SMILES string of the molecule is C=CC(C)(O)CCC=C(C)CCC=C(C)CCC=C(C)C. The first-order chi connectivity index (χ1) is 9.76. The molecular formula is C20H34O. The number of aliphatic hydroxyl groups is 1. The molecule has 0 aliphatic carbocycles. The molecule has 0 saturated heterocycles. The maximum absolute atomic E-state index is 9.84. The molecule has 0 aliphatic heterocycles. The Balaban J connectivity index is 3.99. The molecule has 1 unspecified atom stereocenters. The maximum atomic E-state index is 9.84. The summed E-state index contributed by atoms with van der Waals surface area (Å²) in [6.45, 7) is 14.2. The van der Waals surface area contributed by atoms with Crippen molar-refractivity contribution < 1.29 is 5.11 Å². The number of rotatable bonds is 10. The van der Waals surface area contributed by atoms with Gasteiger partial charge in [-0.25, -0.2) is 0 Å². The number of hydrogen-bond donors (Lipinski definition) is 1. The third kappa shape index (κ3) is 12.4. The van der Waals surface area contributed by atoms with Crippen molar-refractivity contribution in [3.63, 3.8) is 0 Å². The highest BCUT2D eigenvalue weighted by Crippen LogP contribution is 2.16. The van der Waals surface area contributed by atoms with Gasteiger partial charge in [-0.1, -0.05) is 41.0 Å². The van der Waals surface area contributed by atoms with E-state index in [0.717, 1.165) is 38.5 Å². The van der Waals surface area contributed by atoms with Gasteiger partial charge in [0.25, 0.3) is 0 Å². The largest absolute Gasteiger partial charge is 0.386 e. The standard InChI is InChI=1S/C20H34O/c1-7-20(6,21)16-10-15-19(5)14-9-13-18(4)12-8-11-17(2)3/h7,11,13,15,21H,1,8-10,12,14,16H2,2-6H3. The van der Waals surface area contributed by atoms with Crippen LogP contribution >= 0.6 is 0 Å². The molecule has 1 heteroatoms. The highest BCUT2D eigenvalue weighted by molar-refractivity contribution is 5.06. The van der Waals surface area contributed by atoms with Gasteiger partial charge in [0.15, 0.2) is 0 Å². The van der Waals surface area contributed by atoms with Crippen molar-refractivity contribution in [2.75, 3.05) is 0 Å². The van der Waals surface area contributed by atoms with E-state index in [1.54, 1.807) is 6.08 Å². The van der Waals surface area contributed by atoms with Crippen molar-refractivity contribution in [1.82, 2.24) is 0 Å². The Morgan fingerprint density at radius 2 is 1.38 bits per heavy atom. The van der Waals surface area contributed by atoms with E-state index < -0.39 is 5.60 Å². The van der Waals surface area contributed by atoms with Crippen LogP contribution in [0.1, 0.15) is 73.1 Å². The predicted molar refractivity (Wildman–Crippen MR) is 95.5 cm³/mol. The van der Waals surface area contributed by atoms with Crippen molar-refractivity contribution in [1.29, 1.82) is 0 Å². The first kappa shape index (κ1) is 19.9. The van der Waals surface area contributed by atoms with Gasteiger partial charge in [-0.3, -0.25) is 0 Å². The van der Waals surface area contributed by atoms with Crippen LogP contribution in [-0.4, -0.2) is 10.7 Å². The molecule has 1 atom stereocenters. The second-order valence-corrected chi connectivity index (χ2v) is 6.56. The van der Waals surface area contributed by atoms with Crippen LogP contribution in [0.3, 0.4) is 0 Å². The fourth-order valence-corrected chi connectivity index (χ4v) is 2.05. The Morgan fingerprint density at radius 1 is 0.905 bits per heavy atom. The average Bonchev–Trinajstić information content (AvgIpc) is 2.38. The summed E-state index contributed by atoms with van der Waals surface area (Å²) in [4.78, 5) is 0. The first-order valence-corrected chi connectivity index (χ1v) is 8.07. The Labute approximate surface area is 132 Å². The summed E-state index contributed by atoms with van der Waals surface area (Å²) < 4.78 is 0.